The first kappa shape index (κ1) is 14.7. The van der Waals surface area contributed by atoms with E-state index in [4.69, 9.17) is 5.73 Å². The van der Waals surface area contributed by atoms with E-state index in [1.807, 2.05) is 6.08 Å². The van der Waals surface area contributed by atoms with Crippen LogP contribution in [0.25, 0.3) is 0 Å². The summed E-state index contributed by atoms with van der Waals surface area (Å²) in [5.74, 6) is 2.60. The fourth-order valence-corrected chi connectivity index (χ4v) is 6.69. The number of nitrogens with two attached hydrogens (primary N) is 1. The maximum Gasteiger partial charge on any atom is 0.157 e. The van der Waals surface area contributed by atoms with Gasteiger partial charge < -0.3 is 10.6 Å². The molecule has 1 aliphatic heterocycles. The molecule has 4 rings (SSSR count). The van der Waals surface area contributed by atoms with Crippen molar-refractivity contribution in [2.45, 2.75) is 58.4 Å². The largest absolute Gasteiger partial charge is 0.377 e. The molecule has 0 aromatic heterocycles. The number of nitrogens with zero attached hydrogens (tertiary/aromatic N) is 1. The van der Waals surface area contributed by atoms with Crippen molar-refractivity contribution in [1.82, 2.24) is 4.90 Å². The van der Waals surface area contributed by atoms with Gasteiger partial charge in [0.1, 0.15) is 0 Å². The number of carbonyl (C=O) groups excluding carboxylic acids is 1. The smallest absolute Gasteiger partial charge is 0.157 e. The molecule has 0 aromatic carbocycles. The maximum absolute atomic E-state index is 11.9. The summed E-state index contributed by atoms with van der Waals surface area (Å²) >= 11 is 0. The lowest BCUT2D eigenvalue weighted by Crippen LogP contribution is -2.56. The fraction of sp³-hybridized carbons (Fsp3) is 0.842. The minimum absolute atomic E-state index is 0.208. The van der Waals surface area contributed by atoms with Crippen LogP contribution in [0.1, 0.15) is 52.4 Å². The Morgan fingerprint density at radius 3 is 2.82 bits per heavy atom. The summed E-state index contributed by atoms with van der Waals surface area (Å²) in [6.07, 6.45) is 8.79. The molecule has 1 unspecified atom stereocenters. The average Bonchev–Trinajstić information content (AvgIpc) is 2.76. The number of rotatable bonds is 0. The molecule has 4 aliphatic rings. The van der Waals surface area contributed by atoms with Crippen LogP contribution in [0, 0.1) is 28.6 Å². The monoisotopic (exact) mass is 302 g/mol. The summed E-state index contributed by atoms with van der Waals surface area (Å²) in [4.78, 5) is 14.3. The van der Waals surface area contributed by atoms with Gasteiger partial charge in [0.15, 0.2) is 5.78 Å². The lowest BCUT2D eigenvalue weighted by Gasteiger charge is -2.59. The average molecular weight is 302 g/mol. The Bertz CT molecular complexity index is 542. The molecule has 0 radical (unpaired) electrons. The molecule has 2 N–H and O–H groups in total. The van der Waals surface area contributed by atoms with Crippen molar-refractivity contribution in [2.24, 2.45) is 34.3 Å². The van der Waals surface area contributed by atoms with E-state index in [0.29, 0.717) is 17.2 Å². The van der Waals surface area contributed by atoms with Gasteiger partial charge in [0.25, 0.3) is 0 Å². The molecule has 3 aliphatic carbocycles. The van der Waals surface area contributed by atoms with Crippen molar-refractivity contribution in [3.8, 4) is 0 Å². The topological polar surface area (TPSA) is 46.3 Å². The lowest BCUT2D eigenvalue weighted by molar-refractivity contribution is -0.118. The van der Waals surface area contributed by atoms with Gasteiger partial charge in [0.05, 0.1) is 0 Å². The molecular weight excluding hydrogens is 272 g/mol. The zero-order chi connectivity index (χ0) is 15.7. The first-order chi connectivity index (χ1) is 10.3. The molecule has 2 saturated carbocycles. The van der Waals surface area contributed by atoms with E-state index >= 15 is 0 Å². The van der Waals surface area contributed by atoms with Crippen LogP contribution in [0.5, 0.6) is 0 Å². The van der Waals surface area contributed by atoms with Gasteiger partial charge in [-0.15, -0.1) is 0 Å². The third-order valence-corrected chi connectivity index (χ3v) is 7.73. The summed E-state index contributed by atoms with van der Waals surface area (Å²) in [6, 6.07) is 0.400. The van der Waals surface area contributed by atoms with Crippen LogP contribution in [0.15, 0.2) is 11.8 Å². The summed E-state index contributed by atoms with van der Waals surface area (Å²) in [7, 11) is 2.19. The number of hydrogen-bond acceptors (Lipinski definition) is 3. The van der Waals surface area contributed by atoms with Crippen molar-refractivity contribution >= 4 is 5.78 Å². The molecule has 0 amide bonds. The molecule has 3 fully saturated rings. The Kier molecular flexibility index (Phi) is 3.08. The van der Waals surface area contributed by atoms with Crippen LogP contribution < -0.4 is 5.73 Å². The van der Waals surface area contributed by atoms with Gasteiger partial charge in [-0.2, -0.15) is 0 Å². The van der Waals surface area contributed by atoms with E-state index in [2.05, 4.69) is 25.8 Å². The normalized spacial score (nSPS) is 51.0. The van der Waals surface area contributed by atoms with Gasteiger partial charge >= 0.3 is 0 Å². The number of ketones is 1. The molecule has 0 bridgehead atoms. The molecule has 3 heteroatoms. The molecule has 122 valence electrons. The fourth-order valence-electron chi connectivity index (χ4n) is 6.69. The number of likely N-dealkylation sites (tertiary alicyclic amines) is 1. The third kappa shape index (κ3) is 1.87. The zero-order valence-corrected chi connectivity index (χ0v) is 14.3. The Balaban J connectivity index is 1.72. The SMILES string of the molecule is CN1C[C@@H]2[C@@H](CC[C@]3(C)CC(N)C[C@@H]23)[C@@]2(C)CCC(=O)C=C12. The lowest BCUT2D eigenvalue weighted by atomic mass is 9.50. The van der Waals surface area contributed by atoms with E-state index in [1.54, 1.807) is 0 Å². The minimum Gasteiger partial charge on any atom is -0.377 e. The van der Waals surface area contributed by atoms with Crippen LogP contribution >= 0.6 is 0 Å². The second-order valence-electron chi connectivity index (χ2n) is 9.06. The van der Waals surface area contributed by atoms with Gasteiger partial charge in [-0.3, -0.25) is 4.79 Å². The van der Waals surface area contributed by atoms with Gasteiger partial charge in [-0.25, -0.2) is 0 Å². The highest BCUT2D eigenvalue weighted by atomic mass is 16.1. The molecule has 22 heavy (non-hydrogen) atoms. The number of carbonyl (C=O) groups is 1. The number of hydrogen-bond donors (Lipinski definition) is 1. The van der Waals surface area contributed by atoms with E-state index < -0.39 is 0 Å². The van der Waals surface area contributed by atoms with E-state index in [-0.39, 0.29) is 5.41 Å². The molecule has 3 nitrogen and oxygen atoms in total. The van der Waals surface area contributed by atoms with Crippen LogP contribution in [0.3, 0.4) is 0 Å². The second kappa shape index (κ2) is 4.59. The first-order valence-corrected chi connectivity index (χ1v) is 9.05. The highest BCUT2D eigenvalue weighted by Gasteiger charge is 2.58. The summed E-state index contributed by atoms with van der Waals surface area (Å²) in [6.45, 7) is 6.03. The van der Waals surface area contributed by atoms with Crippen LogP contribution in [-0.2, 0) is 4.79 Å². The summed E-state index contributed by atoms with van der Waals surface area (Å²) in [5, 5.41) is 0. The molecule has 1 heterocycles. The van der Waals surface area contributed by atoms with Crippen molar-refractivity contribution in [2.75, 3.05) is 13.6 Å². The van der Waals surface area contributed by atoms with E-state index in [1.165, 1.54) is 31.4 Å². The third-order valence-electron chi connectivity index (χ3n) is 7.73. The van der Waals surface area contributed by atoms with Gasteiger partial charge in [0.2, 0.25) is 0 Å². The maximum atomic E-state index is 11.9. The Hall–Kier alpha value is -0.830. The highest BCUT2D eigenvalue weighted by molar-refractivity contribution is 5.91. The van der Waals surface area contributed by atoms with Crippen LogP contribution in [0.4, 0.5) is 0 Å². The van der Waals surface area contributed by atoms with Gasteiger partial charge in [-0.05, 0) is 55.3 Å². The molecule has 0 aromatic rings. The minimum atomic E-state index is 0.208. The zero-order valence-electron chi connectivity index (χ0n) is 14.3. The van der Waals surface area contributed by atoms with Crippen molar-refractivity contribution in [3.63, 3.8) is 0 Å². The first-order valence-electron chi connectivity index (χ1n) is 9.05. The predicted octanol–water partition coefficient (Wildman–Crippen LogP) is 2.95. The Morgan fingerprint density at radius 2 is 2.05 bits per heavy atom. The van der Waals surface area contributed by atoms with Crippen LogP contribution in [0.2, 0.25) is 0 Å². The van der Waals surface area contributed by atoms with E-state index in [9.17, 15) is 4.79 Å². The number of fused-ring (bicyclic) bond motifs is 5. The van der Waals surface area contributed by atoms with Crippen molar-refractivity contribution in [3.05, 3.63) is 11.8 Å². The molecule has 0 spiro atoms. The highest BCUT2D eigenvalue weighted by Crippen LogP contribution is 2.63. The Labute approximate surface area is 134 Å². The molecule has 6 atom stereocenters. The number of allylic oxidation sites excluding steroid dienone is 2. The predicted molar refractivity (Wildman–Crippen MR) is 88.1 cm³/mol. The van der Waals surface area contributed by atoms with Gasteiger partial charge in [-0.1, -0.05) is 13.8 Å². The second-order valence-corrected chi connectivity index (χ2v) is 9.06. The number of piperidine rings is 1. The summed E-state index contributed by atoms with van der Waals surface area (Å²) < 4.78 is 0. The van der Waals surface area contributed by atoms with Gasteiger partial charge in [0, 0.05) is 43.2 Å². The van der Waals surface area contributed by atoms with E-state index in [0.717, 1.165) is 37.1 Å². The molecule has 1 saturated heterocycles. The van der Waals surface area contributed by atoms with Crippen LogP contribution in [-0.4, -0.2) is 30.3 Å². The van der Waals surface area contributed by atoms with Crippen molar-refractivity contribution < 1.29 is 4.79 Å². The molecular formula is C19H30N2O. The standard InChI is InChI=1S/C19H30N2O/c1-18-6-5-15-14(16(18)8-12(20)10-18)11-21(3)17-9-13(22)4-7-19(15,17)2/h9,12,14-16H,4-8,10-11,20H2,1-3H3/t12?,14-,15-,16+,18-,19-/m1/s1. The Morgan fingerprint density at radius 1 is 1.27 bits per heavy atom. The quantitative estimate of drug-likeness (QED) is 0.748. The summed E-state index contributed by atoms with van der Waals surface area (Å²) in [5.41, 5.74) is 8.33. The van der Waals surface area contributed by atoms with Crippen molar-refractivity contribution in [1.29, 1.82) is 0 Å².